The maximum Gasteiger partial charge on any atom is 1.00 e. The minimum absolute atomic E-state index is 0. The molecule has 1 aromatic carbocycles. The van der Waals surface area contributed by atoms with Gasteiger partial charge in [-0.2, -0.15) is 0 Å². The Morgan fingerprint density at radius 3 is 2.53 bits per heavy atom. The van der Waals surface area contributed by atoms with Gasteiger partial charge < -0.3 is 30.2 Å². The molecule has 1 unspecified atom stereocenters. The van der Waals surface area contributed by atoms with E-state index in [1.165, 1.54) is 43.0 Å². The van der Waals surface area contributed by atoms with Crippen molar-refractivity contribution in [2.24, 2.45) is 0 Å². The number of nitrogens with one attached hydrogen (secondary N) is 1. The van der Waals surface area contributed by atoms with Crippen molar-refractivity contribution in [1.82, 2.24) is 10.2 Å². The number of hydrogen-bond donors (Lipinski definition) is 3. The summed E-state index contributed by atoms with van der Waals surface area (Å²) in [5.74, 6) is -3.55. The molecule has 0 aliphatic carbocycles. The molecular weight excluding hydrogens is 427 g/mol. The molecule has 0 bridgehead atoms. The summed E-state index contributed by atoms with van der Waals surface area (Å²) in [6, 6.07) is 4.31. The number of carbonyl (C=O) groups is 4. The van der Waals surface area contributed by atoms with Gasteiger partial charge >= 0.3 is 35.5 Å². The molecule has 2 aliphatic rings. The van der Waals surface area contributed by atoms with E-state index in [9.17, 15) is 34.5 Å². The first kappa shape index (κ1) is 24.2. The second kappa shape index (κ2) is 9.84. The summed E-state index contributed by atoms with van der Waals surface area (Å²) in [4.78, 5) is 48.3. The van der Waals surface area contributed by atoms with Crippen molar-refractivity contribution < 1.29 is 68.8 Å². The largest absolute Gasteiger partial charge is 1.00 e. The Morgan fingerprint density at radius 2 is 1.97 bits per heavy atom. The van der Waals surface area contributed by atoms with Gasteiger partial charge in [0, 0.05) is 18.2 Å². The van der Waals surface area contributed by atoms with Crippen LogP contribution in [-0.2, 0) is 23.9 Å². The Bertz CT molecular complexity index is 904. The second-order valence-corrected chi connectivity index (χ2v) is 7.52. The van der Waals surface area contributed by atoms with Gasteiger partial charge in [-0.05, 0) is 17.7 Å². The number of thioether (sulfide) groups is 1. The topological polar surface area (TPSA) is 156 Å². The molecule has 3 atom stereocenters. The summed E-state index contributed by atoms with van der Waals surface area (Å²) >= 11 is 1.19. The number of benzene rings is 1. The number of rotatable bonds is 6. The number of β-lactam (4-membered cyclic amide) rings is 1. The number of phenols is 1. The van der Waals surface area contributed by atoms with Crippen LogP contribution in [0, 0.1) is 0 Å². The first-order valence-corrected chi connectivity index (χ1v) is 9.54. The van der Waals surface area contributed by atoms with Crippen LogP contribution in [-0.4, -0.2) is 62.6 Å². The van der Waals surface area contributed by atoms with Gasteiger partial charge in [0.2, 0.25) is 0 Å². The Labute approximate surface area is 197 Å². The third kappa shape index (κ3) is 4.81. The van der Waals surface area contributed by atoms with Crippen LogP contribution < -0.4 is 40.0 Å². The number of carboxylic acid groups (broad SMARTS) is 1. The maximum absolute atomic E-state index is 12.5. The molecule has 2 aliphatic heterocycles. The molecule has 30 heavy (non-hydrogen) atoms. The predicted octanol–water partition coefficient (Wildman–Crippen LogP) is -4.60. The van der Waals surface area contributed by atoms with E-state index in [1.807, 2.05) is 0 Å². The molecular formula is C18H17N2NaO8S. The average molecular weight is 444 g/mol. The van der Waals surface area contributed by atoms with E-state index < -0.39 is 41.3 Å². The van der Waals surface area contributed by atoms with Gasteiger partial charge in [-0.15, -0.1) is 11.8 Å². The van der Waals surface area contributed by atoms with E-state index in [0.717, 1.165) is 4.90 Å². The van der Waals surface area contributed by atoms with Crippen LogP contribution in [0.15, 0.2) is 35.5 Å². The van der Waals surface area contributed by atoms with Gasteiger partial charge in [0.05, 0.1) is 11.7 Å². The fourth-order valence-corrected chi connectivity index (χ4v) is 4.34. The van der Waals surface area contributed by atoms with E-state index in [1.54, 1.807) is 0 Å². The first-order chi connectivity index (χ1) is 13.7. The van der Waals surface area contributed by atoms with Crippen molar-refractivity contribution in [2.75, 3.05) is 12.4 Å². The van der Waals surface area contributed by atoms with Crippen LogP contribution in [0.3, 0.4) is 0 Å². The number of phenolic OH excluding ortho intramolecular Hbond substituents is 1. The summed E-state index contributed by atoms with van der Waals surface area (Å²) in [5, 5.41) is 32.7. The van der Waals surface area contributed by atoms with Crippen molar-refractivity contribution in [3.63, 3.8) is 0 Å². The van der Waals surface area contributed by atoms with Crippen LogP contribution in [0.5, 0.6) is 5.75 Å². The van der Waals surface area contributed by atoms with Gasteiger partial charge in [0.15, 0.2) is 6.10 Å². The molecule has 1 fully saturated rings. The number of nitrogens with zero attached hydrogens (tertiary/aromatic N) is 1. The molecule has 3 rings (SSSR count). The van der Waals surface area contributed by atoms with Crippen molar-refractivity contribution in [2.45, 2.75) is 24.4 Å². The van der Waals surface area contributed by atoms with Gasteiger partial charge in [-0.25, -0.2) is 0 Å². The third-order valence-corrected chi connectivity index (χ3v) is 5.78. The maximum atomic E-state index is 12.5. The number of esters is 1. The van der Waals surface area contributed by atoms with Gasteiger partial charge in [-0.1, -0.05) is 12.1 Å². The molecule has 2 heterocycles. The van der Waals surface area contributed by atoms with Crippen LogP contribution in [0.4, 0.5) is 0 Å². The number of hydrogen-bond acceptors (Lipinski definition) is 9. The number of ether oxygens (including phenoxy) is 1. The number of aromatic hydroxyl groups is 1. The molecule has 10 nitrogen and oxygen atoms in total. The smallest absolute Gasteiger partial charge is 0.543 e. The van der Waals surface area contributed by atoms with Crippen LogP contribution in [0.1, 0.15) is 18.6 Å². The van der Waals surface area contributed by atoms with E-state index in [0.29, 0.717) is 0 Å². The normalized spacial score (nSPS) is 21.0. The molecule has 3 N–H and O–H groups in total. The number of fused-ring (bicyclic) bond motifs is 1. The number of aliphatic carboxylic acids is 1. The first-order valence-electron chi connectivity index (χ1n) is 8.49. The summed E-state index contributed by atoms with van der Waals surface area (Å²) in [6.45, 7) is 0.899. The SMILES string of the molecule is CC(=O)OCC1=C(C(=O)[O-])N2C(=O)[C@H](NC(=O)C(O)c3ccc(O)cc3)[C@H]2SC1.[Na+]. The Morgan fingerprint density at radius 1 is 1.33 bits per heavy atom. The summed E-state index contributed by atoms with van der Waals surface area (Å²) in [5.41, 5.74) is 0.0764. The minimum atomic E-state index is -1.58. The quantitative estimate of drug-likeness (QED) is 0.223. The van der Waals surface area contributed by atoms with E-state index in [-0.39, 0.29) is 64.5 Å². The summed E-state index contributed by atoms with van der Waals surface area (Å²) < 4.78 is 4.83. The fourth-order valence-electron chi connectivity index (χ4n) is 3.01. The van der Waals surface area contributed by atoms with Gasteiger partial charge in [0.25, 0.3) is 11.8 Å². The zero-order valence-corrected chi connectivity index (χ0v) is 19.0. The van der Waals surface area contributed by atoms with Crippen molar-refractivity contribution in [1.29, 1.82) is 0 Å². The van der Waals surface area contributed by atoms with E-state index in [4.69, 9.17) is 4.74 Å². The molecule has 1 saturated heterocycles. The molecule has 0 saturated carbocycles. The Hall–Kier alpha value is -2.05. The van der Waals surface area contributed by atoms with Crippen molar-refractivity contribution in [3.05, 3.63) is 41.1 Å². The molecule has 0 aromatic heterocycles. The van der Waals surface area contributed by atoms with E-state index in [2.05, 4.69) is 5.32 Å². The third-order valence-electron chi connectivity index (χ3n) is 4.45. The number of aliphatic hydroxyl groups is 1. The molecule has 0 spiro atoms. The van der Waals surface area contributed by atoms with E-state index >= 15 is 0 Å². The predicted molar refractivity (Wildman–Crippen MR) is 96.8 cm³/mol. The standard InChI is InChI=1S/C18H18N2O8S.Na/c1-8(21)28-6-10-7-29-17-12(16(25)20(17)13(10)18(26)27)19-15(24)14(23)9-2-4-11(22)5-3-9;/h2-5,12,14,17,22-23H,6-7H2,1H3,(H,19,24)(H,26,27);/q;+1/p-1/t12-,14?,17+;/m0./s1. The van der Waals surface area contributed by atoms with Crippen LogP contribution in [0.2, 0.25) is 0 Å². The number of carbonyl (C=O) groups excluding carboxylic acids is 4. The molecule has 1 aromatic rings. The number of amides is 2. The molecule has 154 valence electrons. The average Bonchev–Trinajstić information content (AvgIpc) is 2.69. The number of carboxylic acids is 1. The van der Waals surface area contributed by atoms with Crippen molar-refractivity contribution in [3.8, 4) is 5.75 Å². The zero-order valence-electron chi connectivity index (χ0n) is 16.2. The van der Waals surface area contributed by atoms with Gasteiger partial charge in [0.1, 0.15) is 23.8 Å². The molecule has 2 amide bonds. The second-order valence-electron chi connectivity index (χ2n) is 6.41. The summed E-state index contributed by atoms with van der Waals surface area (Å²) in [7, 11) is 0. The Kier molecular flexibility index (Phi) is 7.94. The molecule has 0 radical (unpaired) electrons. The molecule has 12 heteroatoms. The monoisotopic (exact) mass is 444 g/mol. The van der Waals surface area contributed by atoms with Crippen LogP contribution >= 0.6 is 11.8 Å². The fraction of sp³-hybridized carbons (Fsp3) is 0.333. The zero-order chi connectivity index (χ0) is 21.3. The number of aliphatic hydroxyl groups excluding tert-OH is 1. The van der Waals surface area contributed by atoms with Gasteiger partial charge in [-0.3, -0.25) is 19.3 Å². The Balaban J connectivity index is 0.00000320. The van der Waals surface area contributed by atoms with Crippen molar-refractivity contribution >= 4 is 35.5 Å². The minimum Gasteiger partial charge on any atom is -0.543 e. The van der Waals surface area contributed by atoms with Crippen LogP contribution in [0.25, 0.3) is 0 Å². The summed E-state index contributed by atoms with van der Waals surface area (Å²) in [6.07, 6.45) is -1.57.